The predicted molar refractivity (Wildman–Crippen MR) is 91.3 cm³/mol. The number of carbonyl (C=O) groups excluding carboxylic acids is 1. The summed E-state index contributed by atoms with van der Waals surface area (Å²) in [5.74, 6) is 0.449. The molecule has 25 heavy (non-hydrogen) atoms. The monoisotopic (exact) mass is 365 g/mol. The van der Waals surface area contributed by atoms with E-state index >= 15 is 0 Å². The maximum Gasteiger partial charge on any atom is 0.254 e. The number of fused-ring (bicyclic) bond motifs is 1. The third kappa shape index (κ3) is 4.11. The Morgan fingerprint density at radius 1 is 1.44 bits per heavy atom. The van der Waals surface area contributed by atoms with E-state index in [0.29, 0.717) is 16.5 Å². The number of aromatic amines is 1. The van der Waals surface area contributed by atoms with Gasteiger partial charge in [-0.1, -0.05) is 16.8 Å². The number of hydrogen-bond acceptors (Lipinski definition) is 4. The highest BCUT2D eigenvalue weighted by atomic mass is 35.5. The molecule has 1 atom stereocenters. The van der Waals surface area contributed by atoms with Crippen LogP contribution in [-0.4, -0.2) is 22.2 Å². The van der Waals surface area contributed by atoms with E-state index in [-0.39, 0.29) is 13.2 Å². The van der Waals surface area contributed by atoms with Crippen molar-refractivity contribution in [1.29, 1.82) is 0 Å². The lowest BCUT2D eigenvalue weighted by Crippen LogP contribution is -2.29. The topological polar surface area (TPSA) is 80.1 Å². The predicted octanol–water partition coefficient (Wildman–Crippen LogP) is 3.67. The molecule has 1 amide bonds. The Bertz CT molecular complexity index is 904. The first-order valence-electron chi connectivity index (χ1n) is 7.70. The van der Waals surface area contributed by atoms with Crippen molar-refractivity contribution in [3.8, 4) is 5.75 Å². The van der Waals surface area contributed by atoms with Crippen molar-refractivity contribution in [3.05, 3.63) is 46.4 Å². The fourth-order valence-corrected chi connectivity index (χ4v) is 2.58. The van der Waals surface area contributed by atoms with E-state index in [9.17, 15) is 9.18 Å². The Kier molecular flexibility index (Phi) is 4.94. The van der Waals surface area contributed by atoms with Crippen LogP contribution >= 0.6 is 11.6 Å². The highest BCUT2D eigenvalue weighted by Gasteiger charge is 2.12. The van der Waals surface area contributed by atoms with Gasteiger partial charge in [-0.3, -0.25) is 4.79 Å². The number of rotatable bonds is 6. The van der Waals surface area contributed by atoms with E-state index in [2.05, 4.69) is 15.5 Å². The Hall–Kier alpha value is -2.54. The smallest absolute Gasteiger partial charge is 0.254 e. The summed E-state index contributed by atoms with van der Waals surface area (Å²) in [6.07, 6.45) is -1.54. The second-order valence-corrected chi connectivity index (χ2v) is 6.13. The number of alkyl halides is 1. The number of nitrogens with zero attached hydrogens (tertiary/aromatic N) is 1. The zero-order chi connectivity index (χ0) is 18.0. The molecule has 0 radical (unpaired) electrons. The summed E-state index contributed by atoms with van der Waals surface area (Å²) in [7, 11) is 0. The lowest BCUT2D eigenvalue weighted by atomic mass is 10.2. The highest BCUT2D eigenvalue weighted by Crippen LogP contribution is 2.31. The molecule has 3 rings (SSSR count). The third-order valence-corrected chi connectivity index (χ3v) is 3.89. The number of carbonyl (C=O) groups is 1. The molecular formula is C17H17ClFN3O3. The minimum atomic E-state index is -1.54. The molecule has 1 aromatic carbocycles. The number of ether oxygens (including phenoxy) is 1. The van der Waals surface area contributed by atoms with Gasteiger partial charge in [0.1, 0.15) is 12.4 Å². The molecule has 8 heteroatoms. The average molecular weight is 366 g/mol. The van der Waals surface area contributed by atoms with Crippen molar-refractivity contribution >= 4 is 28.4 Å². The molecule has 0 saturated heterocycles. The van der Waals surface area contributed by atoms with Gasteiger partial charge < -0.3 is 19.6 Å². The molecule has 2 N–H and O–H groups in total. The normalized spacial score (nSPS) is 12.3. The third-order valence-electron chi connectivity index (χ3n) is 3.59. The first kappa shape index (κ1) is 17.3. The van der Waals surface area contributed by atoms with Crippen LogP contribution in [0.4, 0.5) is 4.39 Å². The second-order valence-electron chi connectivity index (χ2n) is 5.72. The van der Waals surface area contributed by atoms with Gasteiger partial charge in [0.15, 0.2) is 11.9 Å². The Morgan fingerprint density at radius 2 is 2.24 bits per heavy atom. The SMILES string of the molecule is Cc1cc(COc2cc3[nH]c(CNC(=O)C(C)F)cc3cc2Cl)on1. The van der Waals surface area contributed by atoms with Crippen LogP contribution in [0, 0.1) is 6.92 Å². The minimum Gasteiger partial charge on any atom is -0.484 e. The molecule has 0 bridgehead atoms. The fourth-order valence-electron chi connectivity index (χ4n) is 2.36. The first-order valence-corrected chi connectivity index (χ1v) is 8.08. The highest BCUT2D eigenvalue weighted by molar-refractivity contribution is 6.32. The second kappa shape index (κ2) is 7.14. The molecule has 3 aromatic rings. The summed E-state index contributed by atoms with van der Waals surface area (Å²) in [6, 6.07) is 7.16. The molecule has 132 valence electrons. The lowest BCUT2D eigenvalue weighted by Gasteiger charge is -2.06. The molecule has 1 unspecified atom stereocenters. The minimum absolute atomic E-state index is 0.201. The number of H-pyrrole nitrogens is 1. The van der Waals surface area contributed by atoms with Crippen LogP contribution in [0.25, 0.3) is 10.9 Å². The number of aryl methyl sites for hydroxylation is 1. The summed E-state index contributed by atoms with van der Waals surface area (Å²) in [5.41, 5.74) is 2.31. The van der Waals surface area contributed by atoms with Gasteiger partial charge >= 0.3 is 0 Å². The van der Waals surface area contributed by atoms with Gasteiger partial charge in [0, 0.05) is 28.7 Å². The molecule has 6 nitrogen and oxygen atoms in total. The number of hydrogen-bond donors (Lipinski definition) is 2. The van der Waals surface area contributed by atoms with E-state index in [1.54, 1.807) is 18.2 Å². The molecule has 0 saturated carbocycles. The number of benzene rings is 1. The zero-order valence-electron chi connectivity index (χ0n) is 13.7. The molecule has 0 fully saturated rings. The van der Waals surface area contributed by atoms with Crippen molar-refractivity contribution < 1.29 is 18.4 Å². The van der Waals surface area contributed by atoms with Gasteiger partial charge in [0.25, 0.3) is 5.91 Å². The standard InChI is InChI=1S/C17H17ClFN3O3/c1-9-3-13(25-22-9)8-24-16-6-15-11(5-14(16)18)4-12(21-15)7-20-17(23)10(2)19/h3-6,10,21H,7-8H2,1-2H3,(H,20,23). The van der Waals surface area contributed by atoms with Crippen LogP contribution in [0.2, 0.25) is 5.02 Å². The molecule has 0 aliphatic carbocycles. The van der Waals surface area contributed by atoms with Crippen molar-refractivity contribution in [2.45, 2.75) is 33.2 Å². The van der Waals surface area contributed by atoms with E-state index in [4.69, 9.17) is 20.9 Å². The summed E-state index contributed by atoms with van der Waals surface area (Å²) >= 11 is 6.25. The van der Waals surface area contributed by atoms with Crippen LogP contribution in [0.1, 0.15) is 24.1 Å². The van der Waals surface area contributed by atoms with E-state index < -0.39 is 12.1 Å². The van der Waals surface area contributed by atoms with E-state index in [1.165, 1.54) is 6.92 Å². The summed E-state index contributed by atoms with van der Waals surface area (Å²) in [5, 5.41) is 7.63. The van der Waals surface area contributed by atoms with Crippen molar-refractivity contribution in [2.75, 3.05) is 0 Å². The molecule has 2 aromatic heterocycles. The van der Waals surface area contributed by atoms with Crippen molar-refractivity contribution in [1.82, 2.24) is 15.5 Å². The zero-order valence-corrected chi connectivity index (χ0v) is 14.5. The van der Waals surface area contributed by atoms with Crippen LogP contribution in [0.5, 0.6) is 5.75 Å². The van der Waals surface area contributed by atoms with Gasteiger partial charge in [-0.2, -0.15) is 0 Å². The maximum atomic E-state index is 12.9. The van der Waals surface area contributed by atoms with E-state index in [0.717, 1.165) is 22.3 Å². The van der Waals surface area contributed by atoms with Gasteiger partial charge in [-0.05, 0) is 26.0 Å². The quantitative estimate of drug-likeness (QED) is 0.698. The summed E-state index contributed by atoms with van der Waals surface area (Å²) in [4.78, 5) is 14.5. The summed E-state index contributed by atoms with van der Waals surface area (Å²) < 4.78 is 23.6. The fraction of sp³-hybridized carbons (Fsp3) is 0.294. The van der Waals surface area contributed by atoms with Gasteiger partial charge in [-0.25, -0.2) is 4.39 Å². The van der Waals surface area contributed by atoms with Crippen molar-refractivity contribution in [2.24, 2.45) is 0 Å². The average Bonchev–Trinajstić information content (AvgIpc) is 3.15. The van der Waals surface area contributed by atoms with Gasteiger partial charge in [0.2, 0.25) is 0 Å². The van der Waals surface area contributed by atoms with Crippen LogP contribution in [-0.2, 0) is 17.9 Å². The Balaban J connectivity index is 1.72. The van der Waals surface area contributed by atoms with Gasteiger partial charge in [-0.15, -0.1) is 0 Å². The lowest BCUT2D eigenvalue weighted by molar-refractivity contribution is -0.125. The largest absolute Gasteiger partial charge is 0.484 e. The van der Waals surface area contributed by atoms with Crippen molar-refractivity contribution in [3.63, 3.8) is 0 Å². The molecule has 0 aliphatic heterocycles. The van der Waals surface area contributed by atoms with E-state index in [1.807, 2.05) is 13.0 Å². The first-order chi connectivity index (χ1) is 11.9. The molecule has 2 heterocycles. The Labute approximate surface area is 148 Å². The summed E-state index contributed by atoms with van der Waals surface area (Å²) in [6.45, 7) is 3.44. The molecular weight excluding hydrogens is 349 g/mol. The van der Waals surface area contributed by atoms with Gasteiger partial charge in [0.05, 0.1) is 17.3 Å². The van der Waals surface area contributed by atoms with Crippen LogP contribution < -0.4 is 10.1 Å². The molecule has 0 spiro atoms. The number of nitrogens with one attached hydrogen (secondary N) is 2. The maximum absolute atomic E-state index is 12.9. The van der Waals surface area contributed by atoms with Crippen LogP contribution in [0.15, 0.2) is 28.8 Å². The molecule has 0 aliphatic rings. The number of halogens is 2. The van der Waals surface area contributed by atoms with Crippen LogP contribution in [0.3, 0.4) is 0 Å². The number of amides is 1. The number of aromatic nitrogens is 2. The Morgan fingerprint density at radius 3 is 2.92 bits per heavy atom.